The van der Waals surface area contributed by atoms with Gasteiger partial charge in [-0.15, -0.1) is 5.10 Å². The predicted octanol–water partition coefficient (Wildman–Crippen LogP) is 3.39. The second-order valence-electron chi connectivity index (χ2n) is 5.21. The fourth-order valence-electron chi connectivity index (χ4n) is 2.54. The highest BCUT2D eigenvalue weighted by Gasteiger charge is 2.09. The molecule has 0 aliphatic carbocycles. The van der Waals surface area contributed by atoms with Crippen LogP contribution in [0.4, 0.5) is 17.5 Å². The van der Waals surface area contributed by atoms with Gasteiger partial charge < -0.3 is 10.2 Å². The van der Waals surface area contributed by atoms with Gasteiger partial charge in [-0.2, -0.15) is 10.1 Å². The molecule has 0 spiro atoms. The fourth-order valence-corrected chi connectivity index (χ4v) is 2.54. The Morgan fingerprint density at radius 2 is 1.67 bits per heavy atom. The summed E-state index contributed by atoms with van der Waals surface area (Å²) in [6.07, 6.45) is 1.70. The van der Waals surface area contributed by atoms with Crippen LogP contribution in [0.1, 0.15) is 30.5 Å². The molecule has 0 aliphatic heterocycles. The van der Waals surface area contributed by atoms with E-state index >= 15 is 0 Å². The predicted molar refractivity (Wildman–Crippen MR) is 87.3 cm³/mol. The molecule has 0 fully saturated rings. The van der Waals surface area contributed by atoms with E-state index in [1.54, 1.807) is 6.20 Å². The van der Waals surface area contributed by atoms with E-state index in [2.05, 4.69) is 72.1 Å². The van der Waals surface area contributed by atoms with E-state index in [0.717, 1.165) is 24.6 Å². The third kappa shape index (κ3) is 3.48. The summed E-state index contributed by atoms with van der Waals surface area (Å²) < 4.78 is 0. The molecule has 5 nitrogen and oxygen atoms in total. The summed E-state index contributed by atoms with van der Waals surface area (Å²) in [7, 11) is 0. The SMILES string of the molecule is CCN(CC)c1cnnc(Nc2c(C)cc(C)cc2C)n1. The number of hydrogen-bond donors (Lipinski definition) is 1. The lowest BCUT2D eigenvalue weighted by Crippen LogP contribution is -2.23. The standard InChI is InChI=1S/C16H23N5/c1-6-21(7-2)14-10-17-20-16(18-14)19-15-12(4)8-11(3)9-13(15)5/h8-10H,6-7H2,1-5H3,(H,18,19,20). The van der Waals surface area contributed by atoms with Gasteiger partial charge in [-0.1, -0.05) is 17.7 Å². The number of anilines is 3. The Labute approximate surface area is 126 Å². The Bertz CT molecular complexity index is 597. The number of nitrogens with zero attached hydrogens (tertiary/aromatic N) is 4. The van der Waals surface area contributed by atoms with Crippen molar-refractivity contribution in [3.05, 3.63) is 35.0 Å². The third-order valence-electron chi connectivity index (χ3n) is 3.55. The average Bonchev–Trinajstić information content (AvgIpc) is 2.45. The summed E-state index contributed by atoms with van der Waals surface area (Å²) in [6.45, 7) is 12.3. The van der Waals surface area contributed by atoms with Crippen LogP contribution in [-0.4, -0.2) is 28.3 Å². The maximum absolute atomic E-state index is 4.56. The molecule has 5 heteroatoms. The molecule has 2 aromatic rings. The van der Waals surface area contributed by atoms with Crippen LogP contribution in [0.5, 0.6) is 0 Å². The molecule has 1 heterocycles. The van der Waals surface area contributed by atoms with Crippen molar-refractivity contribution >= 4 is 17.5 Å². The molecule has 0 radical (unpaired) electrons. The van der Waals surface area contributed by atoms with Crippen molar-refractivity contribution in [2.45, 2.75) is 34.6 Å². The first-order valence-corrected chi connectivity index (χ1v) is 7.34. The molecule has 0 amide bonds. The Morgan fingerprint density at radius 3 is 2.24 bits per heavy atom. The number of rotatable bonds is 5. The van der Waals surface area contributed by atoms with Gasteiger partial charge in [-0.05, 0) is 45.7 Å². The van der Waals surface area contributed by atoms with E-state index in [1.165, 1.54) is 16.7 Å². The lowest BCUT2D eigenvalue weighted by molar-refractivity contribution is 0.826. The molecule has 0 bridgehead atoms. The highest BCUT2D eigenvalue weighted by Crippen LogP contribution is 2.24. The molecule has 1 aromatic carbocycles. The fraction of sp³-hybridized carbons (Fsp3) is 0.438. The quantitative estimate of drug-likeness (QED) is 0.912. The minimum atomic E-state index is 0.537. The van der Waals surface area contributed by atoms with Crippen molar-refractivity contribution in [2.75, 3.05) is 23.3 Å². The van der Waals surface area contributed by atoms with Gasteiger partial charge in [0.25, 0.3) is 0 Å². The van der Waals surface area contributed by atoms with Gasteiger partial charge in [-0.25, -0.2) is 0 Å². The van der Waals surface area contributed by atoms with Crippen LogP contribution < -0.4 is 10.2 Å². The lowest BCUT2D eigenvalue weighted by atomic mass is 10.1. The molecular weight excluding hydrogens is 262 g/mol. The highest BCUT2D eigenvalue weighted by molar-refractivity contribution is 5.64. The largest absolute Gasteiger partial charge is 0.356 e. The zero-order valence-electron chi connectivity index (χ0n) is 13.4. The van der Waals surface area contributed by atoms with Crippen LogP contribution in [0.3, 0.4) is 0 Å². The van der Waals surface area contributed by atoms with Crippen LogP contribution in [0, 0.1) is 20.8 Å². The summed E-state index contributed by atoms with van der Waals surface area (Å²) >= 11 is 0. The summed E-state index contributed by atoms with van der Waals surface area (Å²) in [5.41, 5.74) is 4.68. The maximum Gasteiger partial charge on any atom is 0.249 e. The first-order valence-electron chi connectivity index (χ1n) is 7.34. The van der Waals surface area contributed by atoms with Crippen molar-refractivity contribution < 1.29 is 0 Å². The summed E-state index contributed by atoms with van der Waals surface area (Å²) in [5, 5.41) is 11.4. The summed E-state index contributed by atoms with van der Waals surface area (Å²) in [5.74, 6) is 1.38. The number of aryl methyl sites for hydroxylation is 3. The molecule has 0 atom stereocenters. The van der Waals surface area contributed by atoms with Gasteiger partial charge in [0.15, 0.2) is 5.82 Å². The second-order valence-corrected chi connectivity index (χ2v) is 5.21. The zero-order valence-corrected chi connectivity index (χ0v) is 13.4. The highest BCUT2D eigenvalue weighted by atomic mass is 15.3. The van der Waals surface area contributed by atoms with E-state index in [1.807, 2.05) is 0 Å². The van der Waals surface area contributed by atoms with E-state index in [9.17, 15) is 0 Å². The van der Waals surface area contributed by atoms with Crippen LogP contribution in [-0.2, 0) is 0 Å². The molecule has 0 aliphatic rings. The molecule has 2 rings (SSSR count). The summed E-state index contributed by atoms with van der Waals surface area (Å²) in [4.78, 5) is 6.70. The van der Waals surface area contributed by atoms with Gasteiger partial charge in [0.2, 0.25) is 5.95 Å². The van der Waals surface area contributed by atoms with E-state index in [0.29, 0.717) is 5.95 Å². The van der Waals surface area contributed by atoms with Crippen molar-refractivity contribution in [1.29, 1.82) is 0 Å². The lowest BCUT2D eigenvalue weighted by Gasteiger charge is -2.19. The zero-order chi connectivity index (χ0) is 15.4. The first-order chi connectivity index (χ1) is 10.0. The second kappa shape index (κ2) is 6.52. The number of benzene rings is 1. The topological polar surface area (TPSA) is 53.9 Å². The maximum atomic E-state index is 4.56. The van der Waals surface area contributed by atoms with Crippen LogP contribution in [0.15, 0.2) is 18.3 Å². The molecular formula is C16H23N5. The van der Waals surface area contributed by atoms with Crippen molar-refractivity contribution in [3.8, 4) is 0 Å². The van der Waals surface area contributed by atoms with Crippen LogP contribution in [0.25, 0.3) is 0 Å². The molecule has 1 N–H and O–H groups in total. The summed E-state index contributed by atoms with van der Waals surface area (Å²) in [6, 6.07) is 4.30. The van der Waals surface area contributed by atoms with E-state index in [-0.39, 0.29) is 0 Å². The van der Waals surface area contributed by atoms with Gasteiger partial charge in [0.05, 0.1) is 6.20 Å². The van der Waals surface area contributed by atoms with Gasteiger partial charge in [0, 0.05) is 18.8 Å². The molecule has 112 valence electrons. The Hall–Kier alpha value is -2.17. The van der Waals surface area contributed by atoms with Crippen molar-refractivity contribution in [1.82, 2.24) is 15.2 Å². The minimum Gasteiger partial charge on any atom is -0.356 e. The first kappa shape index (κ1) is 15.2. The van der Waals surface area contributed by atoms with Crippen LogP contribution >= 0.6 is 0 Å². The average molecular weight is 285 g/mol. The number of hydrogen-bond acceptors (Lipinski definition) is 5. The Morgan fingerprint density at radius 1 is 1.05 bits per heavy atom. The Kier molecular flexibility index (Phi) is 4.73. The number of aromatic nitrogens is 3. The van der Waals surface area contributed by atoms with Gasteiger partial charge in [-0.3, -0.25) is 0 Å². The third-order valence-corrected chi connectivity index (χ3v) is 3.55. The van der Waals surface area contributed by atoms with E-state index < -0.39 is 0 Å². The normalized spacial score (nSPS) is 10.5. The van der Waals surface area contributed by atoms with E-state index in [4.69, 9.17) is 0 Å². The van der Waals surface area contributed by atoms with Crippen LogP contribution in [0.2, 0.25) is 0 Å². The minimum absolute atomic E-state index is 0.537. The molecule has 0 unspecified atom stereocenters. The molecule has 1 aromatic heterocycles. The monoisotopic (exact) mass is 285 g/mol. The number of nitrogens with one attached hydrogen (secondary N) is 1. The van der Waals surface area contributed by atoms with Gasteiger partial charge >= 0.3 is 0 Å². The molecule has 0 saturated carbocycles. The van der Waals surface area contributed by atoms with Crippen molar-refractivity contribution in [2.24, 2.45) is 0 Å². The van der Waals surface area contributed by atoms with Gasteiger partial charge in [0.1, 0.15) is 0 Å². The van der Waals surface area contributed by atoms with Crippen molar-refractivity contribution in [3.63, 3.8) is 0 Å². The molecule has 21 heavy (non-hydrogen) atoms. The smallest absolute Gasteiger partial charge is 0.249 e. The Balaban J connectivity index is 2.30. The molecule has 0 saturated heterocycles.